The van der Waals surface area contributed by atoms with Crippen molar-refractivity contribution in [2.45, 2.75) is 0 Å². The molecule has 1 aliphatic heterocycles. The van der Waals surface area contributed by atoms with Crippen LogP contribution < -0.4 is 5.73 Å². The van der Waals surface area contributed by atoms with Crippen molar-refractivity contribution in [1.29, 1.82) is 0 Å². The molecule has 0 saturated heterocycles. The van der Waals surface area contributed by atoms with Crippen LogP contribution in [-0.2, 0) is 9.84 Å². The molecule has 2 N–H and O–H groups in total. The van der Waals surface area contributed by atoms with Crippen molar-refractivity contribution in [3.8, 4) is 0 Å². The Morgan fingerprint density at radius 3 is 2.13 bits per heavy atom. The van der Waals surface area contributed by atoms with Gasteiger partial charge in [-0.15, -0.1) is 0 Å². The standard InChI is InChI=1S/C10H8ClNO2S/c11-8-3-1-7(2-4-8)9-5-6-10(12)15(9,13)14/h1-6H,12H2. The lowest BCUT2D eigenvalue weighted by molar-refractivity contribution is 0.611. The molecule has 0 saturated carbocycles. The molecule has 1 aromatic rings. The lowest BCUT2D eigenvalue weighted by Gasteiger charge is -2.04. The number of hydrogen-bond donors (Lipinski definition) is 1. The SMILES string of the molecule is NC1=CC=C(c2ccc(Cl)cc2)S1(=O)=O. The molecule has 1 aliphatic rings. The molecule has 0 amide bonds. The molecule has 5 heteroatoms. The first-order chi connectivity index (χ1) is 7.01. The van der Waals surface area contributed by atoms with E-state index in [-0.39, 0.29) is 9.93 Å². The number of sulfone groups is 1. The second-order valence-electron chi connectivity index (χ2n) is 3.11. The monoisotopic (exact) mass is 241 g/mol. The molecule has 0 atom stereocenters. The fourth-order valence-electron chi connectivity index (χ4n) is 1.33. The van der Waals surface area contributed by atoms with Gasteiger partial charge in [-0.25, -0.2) is 8.42 Å². The minimum atomic E-state index is -3.47. The molecule has 0 radical (unpaired) electrons. The van der Waals surface area contributed by atoms with Gasteiger partial charge in [-0.05, 0) is 29.8 Å². The summed E-state index contributed by atoms with van der Waals surface area (Å²) in [4.78, 5) is 0.219. The van der Waals surface area contributed by atoms with Gasteiger partial charge in [0.05, 0.1) is 4.91 Å². The Morgan fingerprint density at radius 1 is 1.07 bits per heavy atom. The molecule has 0 bridgehead atoms. The van der Waals surface area contributed by atoms with Gasteiger partial charge in [0.2, 0.25) is 9.84 Å². The maximum Gasteiger partial charge on any atom is 0.221 e. The van der Waals surface area contributed by atoms with Crippen LogP contribution in [0.5, 0.6) is 0 Å². The van der Waals surface area contributed by atoms with Crippen molar-refractivity contribution < 1.29 is 8.42 Å². The van der Waals surface area contributed by atoms with Crippen LogP contribution in [0.15, 0.2) is 41.4 Å². The second-order valence-corrected chi connectivity index (χ2v) is 5.46. The third kappa shape index (κ3) is 1.66. The van der Waals surface area contributed by atoms with E-state index in [4.69, 9.17) is 17.3 Å². The number of rotatable bonds is 1. The largest absolute Gasteiger partial charge is 0.389 e. The van der Waals surface area contributed by atoms with Gasteiger partial charge in [0.15, 0.2) is 0 Å². The molecule has 0 aromatic heterocycles. The van der Waals surface area contributed by atoms with Crippen molar-refractivity contribution in [2.24, 2.45) is 5.73 Å². The van der Waals surface area contributed by atoms with E-state index in [0.29, 0.717) is 10.6 Å². The third-order valence-electron chi connectivity index (χ3n) is 2.13. The average Bonchev–Trinajstić information content (AvgIpc) is 2.44. The zero-order chi connectivity index (χ0) is 11.1. The molecular formula is C10H8ClNO2S. The van der Waals surface area contributed by atoms with E-state index >= 15 is 0 Å². The molecule has 0 spiro atoms. The fraction of sp³-hybridized carbons (Fsp3) is 0. The summed E-state index contributed by atoms with van der Waals surface area (Å²) in [6, 6.07) is 6.58. The first-order valence-corrected chi connectivity index (χ1v) is 6.06. The Hall–Kier alpha value is -1.26. The van der Waals surface area contributed by atoms with Gasteiger partial charge in [0.25, 0.3) is 0 Å². The zero-order valence-corrected chi connectivity index (χ0v) is 9.22. The first-order valence-electron chi connectivity index (χ1n) is 4.20. The fourth-order valence-corrected chi connectivity index (χ4v) is 2.65. The smallest absolute Gasteiger partial charge is 0.221 e. The maximum atomic E-state index is 11.7. The second kappa shape index (κ2) is 3.40. The molecule has 1 aromatic carbocycles. The lowest BCUT2D eigenvalue weighted by Crippen LogP contribution is -2.09. The minimum Gasteiger partial charge on any atom is -0.389 e. The Balaban J connectivity index is 2.49. The van der Waals surface area contributed by atoms with E-state index in [1.54, 1.807) is 24.3 Å². The maximum absolute atomic E-state index is 11.7. The molecule has 1 heterocycles. The number of nitrogens with two attached hydrogens (primary N) is 1. The van der Waals surface area contributed by atoms with Crippen molar-refractivity contribution in [3.63, 3.8) is 0 Å². The van der Waals surface area contributed by atoms with E-state index < -0.39 is 9.84 Å². The van der Waals surface area contributed by atoms with E-state index in [1.165, 1.54) is 12.2 Å². The van der Waals surface area contributed by atoms with Crippen LogP contribution in [0.2, 0.25) is 5.02 Å². The lowest BCUT2D eigenvalue weighted by atomic mass is 10.2. The highest BCUT2D eigenvalue weighted by atomic mass is 35.5. The van der Waals surface area contributed by atoms with Gasteiger partial charge in [-0.3, -0.25) is 0 Å². The summed E-state index contributed by atoms with van der Waals surface area (Å²) in [5.74, 6) is 0. The van der Waals surface area contributed by atoms with Crippen molar-refractivity contribution in [2.75, 3.05) is 0 Å². The van der Waals surface area contributed by atoms with Gasteiger partial charge < -0.3 is 5.73 Å². The molecule has 0 unspecified atom stereocenters. The molecule has 15 heavy (non-hydrogen) atoms. The number of benzene rings is 1. The summed E-state index contributed by atoms with van der Waals surface area (Å²) in [7, 11) is -3.47. The predicted octanol–water partition coefficient (Wildman–Crippen LogP) is 1.91. The summed E-state index contributed by atoms with van der Waals surface area (Å²) < 4.78 is 23.4. The van der Waals surface area contributed by atoms with E-state index in [1.807, 2.05) is 0 Å². The van der Waals surface area contributed by atoms with Crippen LogP contribution in [0.3, 0.4) is 0 Å². The Morgan fingerprint density at radius 2 is 1.67 bits per heavy atom. The Bertz CT molecular complexity index is 556. The highest BCUT2D eigenvalue weighted by Gasteiger charge is 2.26. The zero-order valence-electron chi connectivity index (χ0n) is 7.64. The minimum absolute atomic E-state index is 0.118. The summed E-state index contributed by atoms with van der Waals surface area (Å²) in [6.45, 7) is 0. The third-order valence-corrected chi connectivity index (χ3v) is 4.09. The first kappa shape index (κ1) is 10.3. The van der Waals surface area contributed by atoms with Crippen LogP contribution in [0.4, 0.5) is 0 Å². The molecule has 3 nitrogen and oxygen atoms in total. The van der Waals surface area contributed by atoms with Crippen molar-refractivity contribution >= 4 is 26.3 Å². The van der Waals surface area contributed by atoms with Gasteiger partial charge in [0.1, 0.15) is 5.03 Å². The summed E-state index contributed by atoms with van der Waals surface area (Å²) in [6.07, 6.45) is 2.88. The number of hydrogen-bond acceptors (Lipinski definition) is 3. The molecule has 78 valence electrons. The van der Waals surface area contributed by atoms with Crippen LogP contribution in [0.25, 0.3) is 4.91 Å². The van der Waals surface area contributed by atoms with Gasteiger partial charge in [-0.2, -0.15) is 0 Å². The number of halogens is 1. The molecule has 2 rings (SSSR count). The van der Waals surface area contributed by atoms with Gasteiger partial charge in [0, 0.05) is 5.02 Å². The summed E-state index contributed by atoms with van der Waals surface area (Å²) in [5, 5.41) is 0.447. The van der Waals surface area contributed by atoms with Gasteiger partial charge in [-0.1, -0.05) is 23.7 Å². The topological polar surface area (TPSA) is 60.2 Å². The average molecular weight is 242 g/mol. The van der Waals surface area contributed by atoms with Gasteiger partial charge >= 0.3 is 0 Å². The quantitative estimate of drug-likeness (QED) is 0.817. The van der Waals surface area contributed by atoms with Crippen LogP contribution in [0, 0.1) is 0 Å². The highest BCUT2D eigenvalue weighted by Crippen LogP contribution is 2.30. The molecule has 0 aliphatic carbocycles. The Kier molecular flexibility index (Phi) is 2.32. The van der Waals surface area contributed by atoms with Crippen LogP contribution in [0.1, 0.15) is 5.56 Å². The normalized spacial score (nSPS) is 18.5. The van der Waals surface area contributed by atoms with Crippen LogP contribution >= 0.6 is 11.6 Å². The highest BCUT2D eigenvalue weighted by molar-refractivity contribution is 8.04. The van der Waals surface area contributed by atoms with E-state index in [0.717, 1.165) is 0 Å². The number of allylic oxidation sites excluding steroid dienone is 2. The van der Waals surface area contributed by atoms with Crippen molar-refractivity contribution in [3.05, 3.63) is 52.0 Å². The summed E-state index contributed by atoms with van der Waals surface area (Å²) in [5.41, 5.74) is 5.96. The Labute approximate surface area is 92.8 Å². The summed E-state index contributed by atoms with van der Waals surface area (Å²) >= 11 is 5.71. The molecule has 0 fully saturated rings. The van der Waals surface area contributed by atoms with E-state index in [9.17, 15) is 8.42 Å². The van der Waals surface area contributed by atoms with E-state index in [2.05, 4.69) is 0 Å². The molecular weight excluding hydrogens is 234 g/mol. The predicted molar refractivity (Wildman–Crippen MR) is 60.6 cm³/mol. The van der Waals surface area contributed by atoms with Crippen LogP contribution in [-0.4, -0.2) is 8.42 Å². The van der Waals surface area contributed by atoms with Crippen molar-refractivity contribution in [1.82, 2.24) is 0 Å².